The van der Waals surface area contributed by atoms with Gasteiger partial charge < -0.3 is 10.2 Å². The molecule has 2 atom stereocenters. The van der Waals surface area contributed by atoms with E-state index >= 15 is 0 Å². The van der Waals surface area contributed by atoms with Crippen LogP contribution >= 0.6 is 0 Å². The van der Waals surface area contributed by atoms with Crippen LogP contribution in [0, 0.1) is 0 Å². The summed E-state index contributed by atoms with van der Waals surface area (Å²) in [4.78, 5) is 2.61. The van der Waals surface area contributed by atoms with Crippen LogP contribution in [0.25, 0.3) is 0 Å². The summed E-state index contributed by atoms with van der Waals surface area (Å²) >= 11 is 0. The molecule has 2 aliphatic rings. The molecule has 0 unspecified atom stereocenters. The third kappa shape index (κ3) is 1.22. The number of hydrogen-bond acceptors (Lipinski definition) is 2. The van der Waals surface area contributed by atoms with Crippen molar-refractivity contribution in [1.29, 1.82) is 0 Å². The summed E-state index contributed by atoms with van der Waals surface area (Å²) in [5.74, 6) is 0. The summed E-state index contributed by atoms with van der Waals surface area (Å²) in [6.07, 6.45) is 2.71. The highest BCUT2D eigenvalue weighted by Gasteiger charge is 2.36. The van der Waals surface area contributed by atoms with Crippen LogP contribution in [-0.4, -0.2) is 25.2 Å². The maximum atomic E-state index is 3.50. The number of rotatable bonds is 1. The molecule has 1 aromatic carbocycles. The third-order valence-corrected chi connectivity index (χ3v) is 3.43. The van der Waals surface area contributed by atoms with Crippen molar-refractivity contribution in [2.75, 3.05) is 18.0 Å². The van der Waals surface area contributed by atoms with Crippen LogP contribution in [0.4, 0.5) is 5.69 Å². The van der Waals surface area contributed by atoms with Gasteiger partial charge in [0.2, 0.25) is 0 Å². The van der Waals surface area contributed by atoms with E-state index in [0.29, 0.717) is 0 Å². The molecule has 3 rings (SSSR count). The summed E-state index contributed by atoms with van der Waals surface area (Å²) in [5.41, 5.74) is 1.40. The molecule has 2 heterocycles. The fraction of sp³-hybridized carbons (Fsp3) is 0.500. The van der Waals surface area contributed by atoms with Crippen LogP contribution in [0.2, 0.25) is 0 Å². The van der Waals surface area contributed by atoms with Gasteiger partial charge in [0, 0.05) is 30.9 Å². The lowest BCUT2D eigenvalue weighted by molar-refractivity contribution is 0.485. The molecule has 0 saturated carbocycles. The number of anilines is 1. The zero-order valence-corrected chi connectivity index (χ0v) is 8.32. The minimum atomic E-state index is 0.733. The summed E-state index contributed by atoms with van der Waals surface area (Å²) in [6, 6.07) is 12.3. The molecule has 1 aromatic rings. The zero-order valence-electron chi connectivity index (χ0n) is 8.32. The van der Waals surface area contributed by atoms with E-state index in [0.717, 1.165) is 25.2 Å². The summed E-state index contributed by atoms with van der Waals surface area (Å²) in [5, 5.41) is 3.50. The number of nitrogens with one attached hydrogen (secondary N) is 1. The first-order chi connectivity index (χ1) is 6.95. The Hall–Kier alpha value is -1.02. The molecular formula is C12H16N2. The van der Waals surface area contributed by atoms with Crippen LogP contribution < -0.4 is 10.2 Å². The normalized spacial score (nSPS) is 30.7. The largest absolute Gasteiger partial charge is 0.363 e. The van der Waals surface area contributed by atoms with Gasteiger partial charge in [0.1, 0.15) is 0 Å². The lowest BCUT2D eigenvalue weighted by Crippen LogP contribution is -2.51. The number of nitrogens with zero attached hydrogens (tertiary/aromatic N) is 1. The van der Waals surface area contributed by atoms with Gasteiger partial charge in [0.15, 0.2) is 0 Å². The van der Waals surface area contributed by atoms with Gasteiger partial charge in [-0.1, -0.05) is 18.2 Å². The molecule has 0 spiro atoms. The summed E-state index contributed by atoms with van der Waals surface area (Å²) in [6.45, 7) is 2.32. The second kappa shape index (κ2) is 3.28. The van der Waals surface area contributed by atoms with Crippen molar-refractivity contribution in [3.63, 3.8) is 0 Å². The average Bonchev–Trinajstić information content (AvgIpc) is 2.50. The van der Waals surface area contributed by atoms with Crippen LogP contribution in [0.15, 0.2) is 30.3 Å². The number of benzene rings is 1. The van der Waals surface area contributed by atoms with Crippen molar-refractivity contribution in [2.45, 2.75) is 24.9 Å². The molecule has 2 nitrogen and oxygen atoms in total. The summed E-state index contributed by atoms with van der Waals surface area (Å²) in [7, 11) is 0. The maximum absolute atomic E-state index is 3.50. The Kier molecular flexibility index (Phi) is 1.95. The fourth-order valence-corrected chi connectivity index (χ4v) is 2.80. The Morgan fingerprint density at radius 3 is 2.29 bits per heavy atom. The molecule has 1 N–H and O–H groups in total. The van der Waals surface area contributed by atoms with Gasteiger partial charge in [-0.05, 0) is 25.0 Å². The maximum Gasteiger partial charge on any atom is 0.0419 e. The first-order valence-corrected chi connectivity index (χ1v) is 5.49. The second-order valence-electron chi connectivity index (χ2n) is 4.29. The topological polar surface area (TPSA) is 15.3 Å². The van der Waals surface area contributed by atoms with Gasteiger partial charge in [0.05, 0.1) is 0 Å². The fourth-order valence-electron chi connectivity index (χ4n) is 2.80. The van der Waals surface area contributed by atoms with Crippen molar-refractivity contribution in [3.8, 4) is 0 Å². The third-order valence-electron chi connectivity index (χ3n) is 3.43. The molecule has 14 heavy (non-hydrogen) atoms. The monoisotopic (exact) mass is 188 g/mol. The highest BCUT2D eigenvalue weighted by Crippen LogP contribution is 2.31. The van der Waals surface area contributed by atoms with Crippen molar-refractivity contribution >= 4 is 5.69 Å². The Balaban J connectivity index is 1.92. The van der Waals surface area contributed by atoms with Gasteiger partial charge in [-0.2, -0.15) is 0 Å². The number of fused-ring (bicyclic) bond motifs is 2. The first kappa shape index (κ1) is 8.30. The van der Waals surface area contributed by atoms with Gasteiger partial charge >= 0.3 is 0 Å². The molecule has 2 heteroatoms. The quantitative estimate of drug-likeness (QED) is 0.720. The molecule has 2 saturated heterocycles. The van der Waals surface area contributed by atoms with Gasteiger partial charge in [-0.15, -0.1) is 0 Å². The Morgan fingerprint density at radius 2 is 1.64 bits per heavy atom. The van der Waals surface area contributed by atoms with Gasteiger partial charge in [0.25, 0.3) is 0 Å². The SMILES string of the molecule is c1ccc(N2[C@@H]3CC[C@H]2CNC3)cc1. The zero-order chi connectivity index (χ0) is 9.38. The number of para-hydroxylation sites is 1. The van der Waals surface area contributed by atoms with Gasteiger partial charge in [-0.25, -0.2) is 0 Å². The molecule has 0 amide bonds. The molecule has 0 aliphatic carbocycles. The van der Waals surface area contributed by atoms with E-state index in [1.54, 1.807) is 0 Å². The van der Waals surface area contributed by atoms with Crippen molar-refractivity contribution in [1.82, 2.24) is 5.32 Å². The Bertz CT molecular complexity index is 293. The lowest BCUT2D eigenvalue weighted by atomic mass is 10.2. The predicted molar refractivity (Wildman–Crippen MR) is 58.6 cm³/mol. The lowest BCUT2D eigenvalue weighted by Gasteiger charge is -2.37. The van der Waals surface area contributed by atoms with Crippen LogP contribution in [0.5, 0.6) is 0 Å². The molecule has 0 aromatic heterocycles. The van der Waals surface area contributed by atoms with Crippen LogP contribution in [-0.2, 0) is 0 Å². The molecule has 2 bridgehead atoms. The smallest absolute Gasteiger partial charge is 0.0419 e. The number of piperazine rings is 1. The van der Waals surface area contributed by atoms with E-state index in [2.05, 4.69) is 40.5 Å². The minimum Gasteiger partial charge on any atom is -0.363 e. The van der Waals surface area contributed by atoms with Crippen LogP contribution in [0.3, 0.4) is 0 Å². The van der Waals surface area contributed by atoms with E-state index in [4.69, 9.17) is 0 Å². The van der Waals surface area contributed by atoms with Crippen molar-refractivity contribution in [2.24, 2.45) is 0 Å². The summed E-state index contributed by atoms with van der Waals surface area (Å²) < 4.78 is 0. The highest BCUT2D eigenvalue weighted by atomic mass is 15.3. The minimum absolute atomic E-state index is 0.733. The van der Waals surface area contributed by atoms with Crippen LogP contribution in [0.1, 0.15) is 12.8 Å². The second-order valence-corrected chi connectivity index (χ2v) is 4.29. The van der Waals surface area contributed by atoms with E-state index in [1.165, 1.54) is 18.5 Å². The standard InChI is InChI=1S/C12H16N2/c1-2-4-10(5-3-1)14-11-6-7-12(14)9-13-8-11/h1-5,11-13H,6-9H2/t11-,12+. The van der Waals surface area contributed by atoms with E-state index in [1.807, 2.05) is 0 Å². The average molecular weight is 188 g/mol. The first-order valence-electron chi connectivity index (χ1n) is 5.49. The molecular weight excluding hydrogens is 172 g/mol. The molecule has 74 valence electrons. The number of hydrogen-bond donors (Lipinski definition) is 1. The predicted octanol–water partition coefficient (Wildman–Crippen LogP) is 1.63. The van der Waals surface area contributed by atoms with Crippen molar-refractivity contribution < 1.29 is 0 Å². The Labute approximate surface area is 84.9 Å². The highest BCUT2D eigenvalue weighted by molar-refractivity contribution is 5.50. The van der Waals surface area contributed by atoms with E-state index in [-0.39, 0.29) is 0 Å². The molecule has 0 radical (unpaired) electrons. The van der Waals surface area contributed by atoms with Gasteiger partial charge in [-0.3, -0.25) is 0 Å². The molecule has 2 fully saturated rings. The Morgan fingerprint density at radius 1 is 1.00 bits per heavy atom. The van der Waals surface area contributed by atoms with E-state index in [9.17, 15) is 0 Å². The van der Waals surface area contributed by atoms with Crippen molar-refractivity contribution in [3.05, 3.63) is 30.3 Å². The van der Waals surface area contributed by atoms with E-state index < -0.39 is 0 Å². The molecule has 2 aliphatic heterocycles.